The Kier molecular flexibility index (Phi) is 6.28. The molecule has 2 heterocycles. The van der Waals surface area contributed by atoms with Crippen LogP contribution in [0.25, 0.3) is 11.1 Å². The molecule has 1 saturated heterocycles. The van der Waals surface area contributed by atoms with Gasteiger partial charge in [-0.3, -0.25) is 9.88 Å². The van der Waals surface area contributed by atoms with E-state index < -0.39 is 15.8 Å². The fraction of sp³-hybridized carbons (Fsp3) is 0.350. The van der Waals surface area contributed by atoms with Crippen molar-refractivity contribution >= 4 is 42.7 Å². The Morgan fingerprint density at radius 1 is 1.07 bits per heavy atom. The Labute approximate surface area is 183 Å². The lowest BCUT2D eigenvalue weighted by Gasteiger charge is -2.36. The number of nitrogens with zero attached hydrogens (tertiary/aromatic N) is 2. The second-order valence-electron chi connectivity index (χ2n) is 7.20. The number of fused-ring (bicyclic) bond motifs is 1. The lowest BCUT2D eigenvalue weighted by Crippen LogP contribution is -2.47. The minimum absolute atomic E-state index is 0.268. The molecular weight excluding hydrogens is 472 g/mol. The van der Waals surface area contributed by atoms with E-state index in [-0.39, 0.29) is 4.90 Å². The highest BCUT2D eigenvalue weighted by Gasteiger charge is 2.20. The number of oxazole rings is 1. The summed E-state index contributed by atoms with van der Waals surface area (Å²) in [5, 5.41) is 0. The van der Waals surface area contributed by atoms with Crippen LogP contribution in [0.15, 0.2) is 61.0 Å². The zero-order valence-electron chi connectivity index (χ0n) is 16.3. The third-order valence-corrected chi connectivity index (χ3v) is 7.21. The first kappa shape index (κ1) is 21.1. The van der Waals surface area contributed by atoms with Crippen LogP contribution < -0.4 is 15.4 Å². The molecule has 0 amide bonds. The third kappa shape index (κ3) is 4.77. The molecule has 10 heteroatoms. The number of aromatic amines is 1. The number of para-hydroxylation sites is 1. The van der Waals surface area contributed by atoms with Gasteiger partial charge in [-0.05, 0) is 49.4 Å². The molecular formula is C20H23BrN4O4S. The summed E-state index contributed by atoms with van der Waals surface area (Å²) in [6.07, 6.45) is 0.734. The summed E-state index contributed by atoms with van der Waals surface area (Å²) in [5.41, 5.74) is 2.23. The van der Waals surface area contributed by atoms with Gasteiger partial charge >= 0.3 is 5.76 Å². The van der Waals surface area contributed by atoms with Crippen LogP contribution in [0.4, 0.5) is 5.69 Å². The lowest BCUT2D eigenvalue weighted by atomic mass is 10.2. The largest absolute Gasteiger partial charge is 0.417 e. The van der Waals surface area contributed by atoms with Gasteiger partial charge < -0.3 is 9.32 Å². The number of hydrogen-bond donors (Lipinski definition) is 2. The zero-order chi connectivity index (χ0) is 21.1. The molecule has 1 aliphatic rings. The van der Waals surface area contributed by atoms with Gasteiger partial charge in [-0.2, -0.15) is 0 Å². The van der Waals surface area contributed by atoms with Crippen LogP contribution in [-0.4, -0.2) is 57.6 Å². The average Bonchev–Trinajstić information content (AvgIpc) is 3.12. The topological polar surface area (TPSA) is 98.6 Å². The number of halogens is 1. The zero-order valence-corrected chi connectivity index (χ0v) is 18.7. The van der Waals surface area contributed by atoms with Crippen molar-refractivity contribution in [2.45, 2.75) is 11.3 Å². The lowest BCUT2D eigenvalue weighted by molar-refractivity contribution is 0.255. The fourth-order valence-electron chi connectivity index (χ4n) is 3.63. The van der Waals surface area contributed by atoms with Crippen LogP contribution >= 0.6 is 15.9 Å². The monoisotopic (exact) mass is 494 g/mol. The molecule has 0 spiro atoms. The SMILES string of the molecule is O=c1[nH]c2cccc(N3CCN(CCCNS(=O)(=O)c4ccc(Br)cc4)CC3)c2o1. The molecule has 2 N–H and O–H groups in total. The predicted octanol–water partition coefficient (Wildman–Crippen LogP) is 2.37. The molecule has 8 nitrogen and oxygen atoms in total. The van der Waals surface area contributed by atoms with E-state index in [1.54, 1.807) is 24.3 Å². The van der Waals surface area contributed by atoms with Gasteiger partial charge in [-0.25, -0.2) is 17.9 Å². The van der Waals surface area contributed by atoms with E-state index in [0.717, 1.165) is 49.3 Å². The summed E-state index contributed by atoms with van der Waals surface area (Å²) >= 11 is 3.31. The molecule has 0 radical (unpaired) electrons. The molecule has 0 aliphatic carbocycles. The summed E-state index contributed by atoms with van der Waals surface area (Å²) in [4.78, 5) is 19.0. The molecule has 30 heavy (non-hydrogen) atoms. The van der Waals surface area contributed by atoms with Crippen molar-refractivity contribution in [3.05, 3.63) is 57.5 Å². The first-order valence-corrected chi connectivity index (χ1v) is 12.0. The number of rotatable bonds is 7. The van der Waals surface area contributed by atoms with Gasteiger partial charge in [-0.15, -0.1) is 0 Å². The van der Waals surface area contributed by atoms with Crippen LogP contribution in [0, 0.1) is 0 Å². The molecule has 3 aromatic rings. The molecule has 0 saturated carbocycles. The molecule has 1 aliphatic heterocycles. The number of benzene rings is 2. The maximum absolute atomic E-state index is 12.3. The second-order valence-corrected chi connectivity index (χ2v) is 9.88. The maximum atomic E-state index is 12.3. The Hall–Kier alpha value is -2.14. The molecule has 4 rings (SSSR count). The second kappa shape index (κ2) is 8.93. The Balaban J connectivity index is 1.25. The highest BCUT2D eigenvalue weighted by atomic mass is 79.9. The Morgan fingerprint density at radius 2 is 1.80 bits per heavy atom. The van der Waals surface area contributed by atoms with Gasteiger partial charge in [0.2, 0.25) is 10.0 Å². The van der Waals surface area contributed by atoms with Gasteiger partial charge in [0.05, 0.1) is 16.1 Å². The van der Waals surface area contributed by atoms with E-state index >= 15 is 0 Å². The van der Waals surface area contributed by atoms with Crippen molar-refractivity contribution < 1.29 is 12.8 Å². The minimum Gasteiger partial charge on any atom is -0.406 e. The number of H-pyrrole nitrogens is 1. The summed E-state index contributed by atoms with van der Waals surface area (Å²) in [6.45, 7) is 4.58. The summed E-state index contributed by atoms with van der Waals surface area (Å²) in [5.74, 6) is -0.443. The molecule has 2 aromatic carbocycles. The third-order valence-electron chi connectivity index (χ3n) is 5.21. The average molecular weight is 495 g/mol. The molecule has 1 aromatic heterocycles. The first-order chi connectivity index (χ1) is 14.4. The molecule has 0 bridgehead atoms. The number of aromatic nitrogens is 1. The van der Waals surface area contributed by atoms with Gasteiger partial charge in [-0.1, -0.05) is 22.0 Å². The van der Waals surface area contributed by atoms with Crippen LogP contribution in [0.1, 0.15) is 6.42 Å². The van der Waals surface area contributed by atoms with Crippen molar-refractivity contribution in [1.82, 2.24) is 14.6 Å². The standard InChI is InChI=1S/C20H23BrN4O4S/c21-15-5-7-16(8-6-15)30(27,28)22-9-2-10-24-11-13-25(14-12-24)18-4-1-3-17-19(18)29-20(26)23-17/h1,3-8,22H,2,9-14H2,(H,23,26). The number of nitrogens with one attached hydrogen (secondary N) is 2. The predicted molar refractivity (Wildman–Crippen MR) is 119 cm³/mol. The molecule has 1 fully saturated rings. The number of hydrogen-bond acceptors (Lipinski definition) is 6. The van der Waals surface area contributed by atoms with Gasteiger partial charge in [0.25, 0.3) is 0 Å². The molecule has 0 unspecified atom stereocenters. The van der Waals surface area contributed by atoms with E-state index in [1.165, 1.54) is 0 Å². The van der Waals surface area contributed by atoms with Gasteiger partial charge in [0.15, 0.2) is 5.58 Å². The van der Waals surface area contributed by atoms with E-state index in [9.17, 15) is 13.2 Å². The molecule has 160 valence electrons. The van der Waals surface area contributed by atoms with Crippen molar-refractivity contribution in [2.24, 2.45) is 0 Å². The van der Waals surface area contributed by atoms with Crippen molar-refractivity contribution in [2.75, 3.05) is 44.2 Å². The molecule has 0 atom stereocenters. The maximum Gasteiger partial charge on any atom is 0.417 e. The first-order valence-electron chi connectivity index (χ1n) is 9.77. The van der Waals surface area contributed by atoms with Crippen molar-refractivity contribution in [1.29, 1.82) is 0 Å². The highest BCUT2D eigenvalue weighted by Crippen LogP contribution is 2.25. The van der Waals surface area contributed by atoms with E-state index in [0.29, 0.717) is 17.6 Å². The Bertz CT molecular complexity index is 1170. The quantitative estimate of drug-likeness (QED) is 0.489. The smallest absolute Gasteiger partial charge is 0.406 e. The van der Waals surface area contributed by atoms with E-state index in [4.69, 9.17) is 4.42 Å². The van der Waals surface area contributed by atoms with Gasteiger partial charge in [0, 0.05) is 37.2 Å². The van der Waals surface area contributed by atoms with Crippen LogP contribution in [0.2, 0.25) is 0 Å². The normalized spacial score (nSPS) is 15.7. The van der Waals surface area contributed by atoms with E-state index in [1.807, 2.05) is 18.2 Å². The van der Waals surface area contributed by atoms with Crippen molar-refractivity contribution in [3.63, 3.8) is 0 Å². The van der Waals surface area contributed by atoms with E-state index in [2.05, 4.69) is 35.4 Å². The summed E-state index contributed by atoms with van der Waals surface area (Å²) in [7, 11) is -3.48. The number of anilines is 1. The number of sulfonamides is 1. The Morgan fingerprint density at radius 3 is 2.53 bits per heavy atom. The van der Waals surface area contributed by atoms with Gasteiger partial charge in [0.1, 0.15) is 0 Å². The van der Waals surface area contributed by atoms with Crippen LogP contribution in [-0.2, 0) is 10.0 Å². The van der Waals surface area contributed by atoms with Crippen LogP contribution in [0.3, 0.4) is 0 Å². The summed E-state index contributed by atoms with van der Waals surface area (Å²) in [6, 6.07) is 12.3. The minimum atomic E-state index is -3.48. The highest BCUT2D eigenvalue weighted by molar-refractivity contribution is 9.10. The van der Waals surface area contributed by atoms with Crippen molar-refractivity contribution in [3.8, 4) is 0 Å². The fourth-order valence-corrected chi connectivity index (χ4v) is 4.96. The van der Waals surface area contributed by atoms with Crippen LogP contribution in [0.5, 0.6) is 0 Å². The summed E-state index contributed by atoms with van der Waals surface area (Å²) < 4.78 is 33.5. The number of piperazine rings is 1.